The van der Waals surface area contributed by atoms with Crippen molar-refractivity contribution in [3.05, 3.63) is 52.2 Å². The van der Waals surface area contributed by atoms with E-state index in [0.717, 1.165) is 18.7 Å². The molecule has 0 aliphatic carbocycles. The number of thiophene rings is 1. The quantitative estimate of drug-likeness (QED) is 0.859. The van der Waals surface area contributed by atoms with Gasteiger partial charge < -0.3 is 10.1 Å². The second-order valence-electron chi connectivity index (χ2n) is 4.47. The van der Waals surface area contributed by atoms with E-state index in [1.54, 1.807) is 18.4 Å². The van der Waals surface area contributed by atoms with E-state index in [1.165, 1.54) is 11.1 Å². The highest BCUT2D eigenvalue weighted by Crippen LogP contribution is 2.13. The van der Waals surface area contributed by atoms with Crippen LogP contribution in [0.5, 0.6) is 5.75 Å². The van der Waals surface area contributed by atoms with Gasteiger partial charge in [0, 0.05) is 12.6 Å². The Morgan fingerprint density at radius 1 is 1.17 bits per heavy atom. The van der Waals surface area contributed by atoms with E-state index < -0.39 is 0 Å². The maximum atomic E-state index is 5.16. The summed E-state index contributed by atoms with van der Waals surface area (Å²) >= 11 is 1.75. The number of benzene rings is 1. The molecule has 1 aromatic carbocycles. The van der Waals surface area contributed by atoms with Gasteiger partial charge in [0.25, 0.3) is 0 Å². The van der Waals surface area contributed by atoms with Crippen LogP contribution in [0.3, 0.4) is 0 Å². The van der Waals surface area contributed by atoms with Crippen LogP contribution < -0.4 is 10.1 Å². The molecule has 1 unspecified atom stereocenters. The van der Waals surface area contributed by atoms with Gasteiger partial charge in [-0.15, -0.1) is 0 Å². The average Bonchev–Trinajstić information content (AvgIpc) is 2.90. The molecular weight excluding hydrogens is 242 g/mol. The average molecular weight is 261 g/mol. The molecule has 0 saturated carbocycles. The lowest BCUT2D eigenvalue weighted by atomic mass is 10.1. The number of hydrogen-bond acceptors (Lipinski definition) is 3. The van der Waals surface area contributed by atoms with E-state index in [1.807, 2.05) is 12.1 Å². The summed E-state index contributed by atoms with van der Waals surface area (Å²) in [6.45, 7) is 3.16. The zero-order valence-electron chi connectivity index (χ0n) is 10.8. The van der Waals surface area contributed by atoms with Crippen LogP contribution in [-0.2, 0) is 13.0 Å². The van der Waals surface area contributed by atoms with Crippen LogP contribution in [0.15, 0.2) is 41.1 Å². The molecule has 2 rings (SSSR count). The molecule has 0 aliphatic heterocycles. The number of methoxy groups -OCH3 is 1. The molecule has 18 heavy (non-hydrogen) atoms. The van der Waals surface area contributed by atoms with Crippen LogP contribution in [0.1, 0.15) is 18.1 Å². The summed E-state index contributed by atoms with van der Waals surface area (Å²) < 4.78 is 5.16. The maximum absolute atomic E-state index is 5.16. The van der Waals surface area contributed by atoms with Crippen molar-refractivity contribution in [2.24, 2.45) is 0 Å². The molecule has 1 aromatic heterocycles. The lowest BCUT2D eigenvalue weighted by molar-refractivity contribution is 0.414. The van der Waals surface area contributed by atoms with Crippen molar-refractivity contribution >= 4 is 11.3 Å². The Morgan fingerprint density at radius 3 is 2.56 bits per heavy atom. The third-order valence-electron chi connectivity index (χ3n) is 2.94. The Kier molecular flexibility index (Phi) is 4.79. The van der Waals surface area contributed by atoms with Crippen molar-refractivity contribution in [3.8, 4) is 5.75 Å². The standard InChI is InChI=1S/C15H19NOS/c1-12(16-10-14-7-8-18-11-14)9-13-3-5-15(17-2)6-4-13/h3-8,11-12,16H,9-10H2,1-2H3. The highest BCUT2D eigenvalue weighted by atomic mass is 32.1. The van der Waals surface area contributed by atoms with Gasteiger partial charge in [-0.25, -0.2) is 0 Å². The van der Waals surface area contributed by atoms with E-state index in [9.17, 15) is 0 Å². The Bertz CT molecular complexity index is 450. The Morgan fingerprint density at radius 2 is 1.94 bits per heavy atom. The van der Waals surface area contributed by atoms with Crippen LogP contribution in [0.4, 0.5) is 0 Å². The summed E-state index contributed by atoms with van der Waals surface area (Å²) in [5, 5.41) is 7.84. The summed E-state index contributed by atoms with van der Waals surface area (Å²) in [7, 11) is 1.69. The zero-order valence-corrected chi connectivity index (χ0v) is 11.7. The second-order valence-corrected chi connectivity index (χ2v) is 5.25. The molecule has 0 aliphatic rings. The van der Waals surface area contributed by atoms with Crippen molar-refractivity contribution in [2.75, 3.05) is 7.11 Å². The molecule has 0 fully saturated rings. The topological polar surface area (TPSA) is 21.3 Å². The first-order valence-corrected chi connectivity index (χ1v) is 7.09. The van der Waals surface area contributed by atoms with Gasteiger partial charge in [0.05, 0.1) is 7.11 Å². The lowest BCUT2D eigenvalue weighted by Crippen LogP contribution is -2.27. The SMILES string of the molecule is COc1ccc(CC(C)NCc2ccsc2)cc1. The van der Waals surface area contributed by atoms with Crippen LogP contribution in [0.2, 0.25) is 0 Å². The third kappa shape index (κ3) is 3.86. The van der Waals surface area contributed by atoms with Gasteiger partial charge in [0.15, 0.2) is 0 Å². The van der Waals surface area contributed by atoms with Crippen LogP contribution in [-0.4, -0.2) is 13.2 Å². The van der Waals surface area contributed by atoms with Crippen LogP contribution in [0.25, 0.3) is 0 Å². The maximum Gasteiger partial charge on any atom is 0.118 e. The van der Waals surface area contributed by atoms with E-state index in [4.69, 9.17) is 4.74 Å². The third-order valence-corrected chi connectivity index (χ3v) is 3.67. The highest BCUT2D eigenvalue weighted by Gasteiger charge is 2.03. The van der Waals surface area contributed by atoms with Crippen molar-refractivity contribution in [2.45, 2.75) is 25.9 Å². The monoisotopic (exact) mass is 261 g/mol. The highest BCUT2D eigenvalue weighted by molar-refractivity contribution is 7.07. The second kappa shape index (κ2) is 6.57. The van der Waals surface area contributed by atoms with Crippen molar-refractivity contribution in [1.29, 1.82) is 0 Å². The predicted molar refractivity (Wildman–Crippen MR) is 77.3 cm³/mol. The first-order valence-electron chi connectivity index (χ1n) is 6.15. The fourth-order valence-electron chi connectivity index (χ4n) is 1.87. The Labute approximate surface area is 113 Å². The molecule has 1 heterocycles. The summed E-state index contributed by atoms with van der Waals surface area (Å²) in [6, 6.07) is 10.9. The molecule has 2 aromatic rings. The minimum atomic E-state index is 0.471. The van der Waals surface area contributed by atoms with Crippen LogP contribution in [0, 0.1) is 0 Å². The smallest absolute Gasteiger partial charge is 0.118 e. The number of rotatable bonds is 6. The first kappa shape index (κ1) is 13.1. The van der Waals surface area contributed by atoms with E-state index in [-0.39, 0.29) is 0 Å². The minimum absolute atomic E-state index is 0.471. The Balaban J connectivity index is 1.80. The van der Waals surface area contributed by atoms with Crippen molar-refractivity contribution < 1.29 is 4.74 Å². The number of hydrogen-bond donors (Lipinski definition) is 1. The van der Waals surface area contributed by atoms with Gasteiger partial charge in [-0.05, 0) is 53.4 Å². The van der Waals surface area contributed by atoms with Gasteiger partial charge in [-0.1, -0.05) is 12.1 Å². The fraction of sp³-hybridized carbons (Fsp3) is 0.333. The summed E-state index contributed by atoms with van der Waals surface area (Å²) in [5.74, 6) is 0.914. The van der Waals surface area contributed by atoms with Gasteiger partial charge in [0.1, 0.15) is 5.75 Å². The first-order chi connectivity index (χ1) is 8.78. The number of nitrogens with one attached hydrogen (secondary N) is 1. The number of ether oxygens (including phenoxy) is 1. The molecule has 0 amide bonds. The van der Waals surface area contributed by atoms with Crippen LogP contribution >= 0.6 is 11.3 Å². The van der Waals surface area contributed by atoms with E-state index in [2.05, 4.69) is 41.2 Å². The molecule has 1 atom stereocenters. The normalized spacial score (nSPS) is 12.3. The summed E-state index contributed by atoms with van der Waals surface area (Å²) in [5.41, 5.74) is 2.70. The molecule has 3 heteroatoms. The molecule has 0 spiro atoms. The molecule has 1 N–H and O–H groups in total. The molecule has 2 nitrogen and oxygen atoms in total. The molecular formula is C15H19NOS. The van der Waals surface area contributed by atoms with Gasteiger partial charge in [-0.3, -0.25) is 0 Å². The summed E-state index contributed by atoms with van der Waals surface area (Å²) in [4.78, 5) is 0. The van der Waals surface area contributed by atoms with Crippen molar-refractivity contribution in [3.63, 3.8) is 0 Å². The van der Waals surface area contributed by atoms with E-state index >= 15 is 0 Å². The molecule has 0 bridgehead atoms. The molecule has 0 saturated heterocycles. The summed E-state index contributed by atoms with van der Waals surface area (Å²) in [6.07, 6.45) is 1.04. The lowest BCUT2D eigenvalue weighted by Gasteiger charge is -2.13. The Hall–Kier alpha value is -1.32. The fourth-order valence-corrected chi connectivity index (χ4v) is 2.54. The van der Waals surface area contributed by atoms with Crippen molar-refractivity contribution in [1.82, 2.24) is 5.32 Å². The molecule has 0 radical (unpaired) electrons. The predicted octanol–water partition coefficient (Wildman–Crippen LogP) is 3.48. The van der Waals surface area contributed by atoms with Gasteiger partial charge in [0.2, 0.25) is 0 Å². The van der Waals surface area contributed by atoms with E-state index in [0.29, 0.717) is 6.04 Å². The molecule has 96 valence electrons. The minimum Gasteiger partial charge on any atom is -0.497 e. The largest absolute Gasteiger partial charge is 0.497 e. The zero-order chi connectivity index (χ0) is 12.8. The van der Waals surface area contributed by atoms with Gasteiger partial charge >= 0.3 is 0 Å². The van der Waals surface area contributed by atoms with Gasteiger partial charge in [-0.2, -0.15) is 11.3 Å².